The van der Waals surface area contributed by atoms with Gasteiger partial charge in [-0.2, -0.15) is 8.78 Å². The van der Waals surface area contributed by atoms with Crippen LogP contribution in [-0.4, -0.2) is 24.7 Å². The zero-order valence-electron chi connectivity index (χ0n) is 10.3. The van der Waals surface area contributed by atoms with Crippen LogP contribution in [0.5, 0.6) is 5.75 Å². The average molecular weight is 300 g/mol. The number of nitrogens with zero attached hydrogens (tertiary/aromatic N) is 1. The van der Waals surface area contributed by atoms with Gasteiger partial charge in [-0.25, -0.2) is 9.78 Å². The van der Waals surface area contributed by atoms with Gasteiger partial charge in [-0.1, -0.05) is 11.3 Å². The molecule has 0 aliphatic heterocycles. The van der Waals surface area contributed by atoms with Gasteiger partial charge in [0.2, 0.25) is 0 Å². The number of halogens is 2. The van der Waals surface area contributed by atoms with Crippen molar-refractivity contribution < 1.29 is 23.0 Å². The van der Waals surface area contributed by atoms with Gasteiger partial charge >= 0.3 is 12.6 Å². The van der Waals surface area contributed by atoms with E-state index >= 15 is 0 Å². The minimum absolute atomic E-state index is 0.0694. The highest BCUT2D eigenvalue weighted by molar-refractivity contribution is 7.17. The zero-order valence-corrected chi connectivity index (χ0v) is 11.1. The van der Waals surface area contributed by atoms with Crippen LogP contribution in [-0.2, 0) is 4.74 Å². The van der Waals surface area contributed by atoms with E-state index in [1.54, 1.807) is 12.1 Å². The van der Waals surface area contributed by atoms with Crippen molar-refractivity contribution in [2.75, 3.05) is 12.4 Å². The Kier molecular flexibility index (Phi) is 4.46. The molecule has 0 radical (unpaired) electrons. The van der Waals surface area contributed by atoms with E-state index in [-0.39, 0.29) is 5.75 Å². The summed E-state index contributed by atoms with van der Waals surface area (Å²) in [6, 6.07) is 5.94. The van der Waals surface area contributed by atoms with E-state index in [4.69, 9.17) is 0 Å². The first-order chi connectivity index (χ1) is 9.58. The van der Waals surface area contributed by atoms with Gasteiger partial charge in [0, 0.05) is 5.69 Å². The third-order valence-electron chi connectivity index (χ3n) is 2.22. The molecular formula is C12H10F2N2O3S. The molecule has 2 rings (SSSR count). The van der Waals surface area contributed by atoms with Gasteiger partial charge in [0.25, 0.3) is 0 Å². The fourth-order valence-corrected chi connectivity index (χ4v) is 2.12. The van der Waals surface area contributed by atoms with Crippen LogP contribution in [0.1, 0.15) is 9.67 Å². The maximum atomic E-state index is 12.0. The second-order valence-corrected chi connectivity index (χ2v) is 4.58. The van der Waals surface area contributed by atoms with Crippen LogP contribution >= 0.6 is 11.3 Å². The summed E-state index contributed by atoms with van der Waals surface area (Å²) in [5.41, 5.74) is 0.636. The van der Waals surface area contributed by atoms with Gasteiger partial charge < -0.3 is 14.8 Å². The third kappa shape index (κ3) is 3.64. The topological polar surface area (TPSA) is 60.5 Å². The molecule has 1 aromatic heterocycles. The molecule has 0 spiro atoms. The Balaban J connectivity index is 2.02. The largest absolute Gasteiger partial charge is 0.465 e. The van der Waals surface area contributed by atoms with E-state index in [0.29, 0.717) is 15.7 Å². The Hall–Kier alpha value is -2.22. The number of hydrogen-bond donors (Lipinski definition) is 1. The van der Waals surface area contributed by atoms with Crippen molar-refractivity contribution in [2.24, 2.45) is 0 Å². The first kappa shape index (κ1) is 14.2. The summed E-state index contributed by atoms with van der Waals surface area (Å²) in [5.74, 6) is -0.392. The van der Waals surface area contributed by atoms with Crippen molar-refractivity contribution in [2.45, 2.75) is 6.61 Å². The van der Waals surface area contributed by atoms with Crippen molar-refractivity contribution in [1.29, 1.82) is 0 Å². The lowest BCUT2D eigenvalue weighted by atomic mass is 10.3. The maximum absolute atomic E-state index is 12.0. The zero-order chi connectivity index (χ0) is 14.5. The van der Waals surface area contributed by atoms with Gasteiger partial charge in [0.1, 0.15) is 10.6 Å². The highest BCUT2D eigenvalue weighted by Crippen LogP contribution is 2.24. The van der Waals surface area contributed by atoms with Crippen molar-refractivity contribution >= 4 is 28.1 Å². The molecule has 5 nitrogen and oxygen atoms in total. The Morgan fingerprint density at radius 3 is 2.65 bits per heavy atom. The second kappa shape index (κ2) is 6.29. The Labute approximate surface area is 117 Å². The van der Waals surface area contributed by atoms with Crippen LogP contribution in [0.2, 0.25) is 0 Å². The van der Waals surface area contributed by atoms with E-state index in [1.807, 2.05) is 0 Å². The maximum Gasteiger partial charge on any atom is 0.387 e. The number of anilines is 2. The molecule has 1 N–H and O–H groups in total. The van der Waals surface area contributed by atoms with Crippen LogP contribution in [0.15, 0.2) is 30.5 Å². The predicted octanol–water partition coefficient (Wildman–Crippen LogP) is 3.27. The molecule has 0 aliphatic carbocycles. The number of carbonyl (C=O) groups excluding carboxylic acids is 1. The highest BCUT2D eigenvalue weighted by Gasteiger charge is 2.10. The number of hydrogen-bond acceptors (Lipinski definition) is 6. The fourth-order valence-electron chi connectivity index (χ4n) is 1.37. The highest BCUT2D eigenvalue weighted by atomic mass is 32.1. The number of methoxy groups -OCH3 is 1. The van der Waals surface area contributed by atoms with Gasteiger partial charge in [-0.15, -0.1) is 0 Å². The molecule has 0 fully saturated rings. The van der Waals surface area contributed by atoms with Crippen molar-refractivity contribution in [3.8, 4) is 5.75 Å². The molecule has 106 valence electrons. The number of esters is 1. The number of thiazole rings is 1. The number of rotatable bonds is 5. The number of alkyl halides is 2. The molecule has 0 saturated heterocycles. The Morgan fingerprint density at radius 1 is 1.35 bits per heavy atom. The minimum atomic E-state index is -2.85. The normalized spacial score (nSPS) is 10.4. The molecule has 0 aliphatic rings. The van der Waals surface area contributed by atoms with Gasteiger partial charge in [0.15, 0.2) is 5.13 Å². The smallest absolute Gasteiger partial charge is 0.387 e. The van der Waals surface area contributed by atoms with Crippen LogP contribution in [0.4, 0.5) is 19.6 Å². The number of carbonyl (C=O) groups is 1. The SMILES string of the molecule is COC(=O)c1cnc(Nc2ccc(OC(F)F)cc2)s1. The van der Waals surface area contributed by atoms with E-state index in [0.717, 1.165) is 11.3 Å². The molecule has 1 heterocycles. The quantitative estimate of drug-likeness (QED) is 0.859. The van der Waals surface area contributed by atoms with E-state index in [9.17, 15) is 13.6 Å². The van der Waals surface area contributed by atoms with Crippen molar-refractivity contribution in [3.05, 3.63) is 35.3 Å². The molecule has 0 amide bonds. The molecular weight excluding hydrogens is 290 g/mol. The van der Waals surface area contributed by atoms with Crippen LogP contribution in [0.25, 0.3) is 0 Å². The Bertz CT molecular complexity index is 587. The van der Waals surface area contributed by atoms with Crippen molar-refractivity contribution in [3.63, 3.8) is 0 Å². The monoisotopic (exact) mass is 300 g/mol. The van der Waals surface area contributed by atoms with E-state index in [2.05, 4.69) is 19.8 Å². The summed E-state index contributed by atoms with van der Waals surface area (Å²) in [7, 11) is 1.29. The average Bonchev–Trinajstić information content (AvgIpc) is 2.88. The van der Waals surface area contributed by atoms with Crippen LogP contribution in [0.3, 0.4) is 0 Å². The molecule has 8 heteroatoms. The third-order valence-corrected chi connectivity index (χ3v) is 3.12. The summed E-state index contributed by atoms with van der Waals surface area (Å²) < 4.78 is 32.8. The number of nitrogens with one attached hydrogen (secondary N) is 1. The summed E-state index contributed by atoms with van der Waals surface area (Å²) in [6.45, 7) is -2.85. The number of benzene rings is 1. The standard InChI is InChI=1S/C12H10F2N2O3S/c1-18-10(17)9-6-15-12(20-9)16-7-2-4-8(5-3-7)19-11(13)14/h2-6,11H,1H3,(H,15,16). The van der Waals surface area contributed by atoms with Gasteiger partial charge in [-0.05, 0) is 24.3 Å². The molecule has 0 bridgehead atoms. The predicted molar refractivity (Wildman–Crippen MR) is 69.8 cm³/mol. The lowest BCUT2D eigenvalue weighted by molar-refractivity contribution is -0.0498. The number of ether oxygens (including phenoxy) is 2. The first-order valence-electron chi connectivity index (χ1n) is 5.44. The minimum Gasteiger partial charge on any atom is -0.465 e. The first-order valence-corrected chi connectivity index (χ1v) is 6.26. The number of aromatic nitrogens is 1. The summed E-state index contributed by atoms with van der Waals surface area (Å²) in [5, 5.41) is 3.43. The van der Waals surface area contributed by atoms with E-state index in [1.165, 1.54) is 25.4 Å². The Morgan fingerprint density at radius 2 is 2.05 bits per heavy atom. The summed E-state index contributed by atoms with van der Waals surface area (Å²) in [6.07, 6.45) is 1.40. The molecule has 0 unspecified atom stereocenters. The molecule has 0 saturated carbocycles. The van der Waals surface area contributed by atoms with Gasteiger partial charge in [-0.3, -0.25) is 0 Å². The van der Waals surface area contributed by atoms with E-state index < -0.39 is 12.6 Å². The molecule has 0 atom stereocenters. The van der Waals surface area contributed by atoms with Crippen molar-refractivity contribution in [1.82, 2.24) is 4.98 Å². The summed E-state index contributed by atoms with van der Waals surface area (Å²) in [4.78, 5) is 15.6. The molecule has 1 aromatic carbocycles. The lowest BCUT2D eigenvalue weighted by Crippen LogP contribution is -2.01. The molecule has 20 heavy (non-hydrogen) atoms. The van der Waals surface area contributed by atoms with Gasteiger partial charge in [0.05, 0.1) is 13.3 Å². The molecule has 2 aromatic rings. The lowest BCUT2D eigenvalue weighted by Gasteiger charge is -2.06. The summed E-state index contributed by atoms with van der Waals surface area (Å²) >= 11 is 1.13. The van der Waals surface area contributed by atoms with Crippen LogP contribution < -0.4 is 10.1 Å². The van der Waals surface area contributed by atoms with Crippen LogP contribution in [0, 0.1) is 0 Å². The fraction of sp³-hybridized carbons (Fsp3) is 0.167. The second-order valence-electron chi connectivity index (χ2n) is 3.55.